The van der Waals surface area contributed by atoms with Crippen LogP contribution in [0.15, 0.2) is 11.8 Å². The number of thioether (sulfide) groups is 1. The Hall–Kier alpha value is -2.41. The summed E-state index contributed by atoms with van der Waals surface area (Å²) >= 11 is 1.35. The summed E-state index contributed by atoms with van der Waals surface area (Å²) in [6.45, 7) is 3.25. The van der Waals surface area contributed by atoms with Crippen molar-refractivity contribution in [1.82, 2.24) is 20.3 Å². The van der Waals surface area contributed by atoms with E-state index in [-0.39, 0.29) is 22.9 Å². The number of carboxylic acid groups (broad SMARTS) is 1. The number of rotatable bonds is 4. The van der Waals surface area contributed by atoms with Crippen molar-refractivity contribution in [3.8, 4) is 0 Å². The zero-order valence-electron chi connectivity index (χ0n) is 15.0. The van der Waals surface area contributed by atoms with Gasteiger partial charge in [-0.2, -0.15) is 13.2 Å². The molecule has 1 aromatic heterocycles. The Morgan fingerprint density at radius 2 is 2.11 bits per heavy atom. The number of carbonyl (C=O) groups excluding carboxylic acids is 2. The Balaban J connectivity index is 0.000000480. The van der Waals surface area contributed by atoms with E-state index in [1.807, 2.05) is 6.08 Å². The number of hydrogen-bond acceptors (Lipinski definition) is 8. The van der Waals surface area contributed by atoms with Crippen molar-refractivity contribution in [3.63, 3.8) is 0 Å². The summed E-state index contributed by atoms with van der Waals surface area (Å²) in [5.74, 6) is -3.13. The van der Waals surface area contributed by atoms with Gasteiger partial charge in [0, 0.05) is 18.7 Å². The van der Waals surface area contributed by atoms with Gasteiger partial charge in [-0.1, -0.05) is 17.0 Å². The third-order valence-electron chi connectivity index (χ3n) is 3.29. The van der Waals surface area contributed by atoms with Crippen molar-refractivity contribution in [1.29, 1.82) is 0 Å². The van der Waals surface area contributed by atoms with Crippen molar-refractivity contribution < 1.29 is 37.4 Å². The van der Waals surface area contributed by atoms with Crippen molar-refractivity contribution in [2.24, 2.45) is 0 Å². The van der Waals surface area contributed by atoms with Crippen LogP contribution >= 0.6 is 11.8 Å². The molecule has 0 spiro atoms. The van der Waals surface area contributed by atoms with Crippen LogP contribution < -0.4 is 5.32 Å². The molecule has 0 amide bonds. The lowest BCUT2D eigenvalue weighted by Crippen LogP contribution is -2.32. The van der Waals surface area contributed by atoms with Gasteiger partial charge in [0.15, 0.2) is 5.12 Å². The molecule has 0 saturated carbocycles. The standard InChI is InChI=1S/C13H18N4O3S.C2HF3O2/c1-9(18)21-12-3-4-14-6-10(12)5-11-7-17(16-15-11)8-13(19)20-2;3-2(4,5)1(6)7/h5,7,12,14H,3-4,6,8H2,1-2H3;(H,6,7)/b10-5+;. The van der Waals surface area contributed by atoms with Crippen LogP contribution in [0.2, 0.25) is 0 Å². The second kappa shape index (κ2) is 10.8. The van der Waals surface area contributed by atoms with Crippen LogP contribution in [0.4, 0.5) is 13.2 Å². The van der Waals surface area contributed by atoms with E-state index in [0.29, 0.717) is 5.69 Å². The molecule has 28 heavy (non-hydrogen) atoms. The molecule has 13 heteroatoms. The summed E-state index contributed by atoms with van der Waals surface area (Å²) in [5.41, 5.74) is 1.79. The zero-order valence-corrected chi connectivity index (χ0v) is 15.8. The van der Waals surface area contributed by atoms with Gasteiger partial charge in [0.25, 0.3) is 0 Å². The van der Waals surface area contributed by atoms with Gasteiger partial charge >= 0.3 is 18.1 Å². The highest BCUT2D eigenvalue weighted by atomic mass is 32.2. The van der Waals surface area contributed by atoms with Gasteiger partial charge in [-0.05, 0) is 24.6 Å². The third kappa shape index (κ3) is 8.52. The van der Waals surface area contributed by atoms with E-state index in [2.05, 4.69) is 20.4 Å². The number of ether oxygens (including phenoxy) is 1. The quantitative estimate of drug-likeness (QED) is 0.684. The normalized spacial score (nSPS) is 18.2. The van der Waals surface area contributed by atoms with E-state index in [4.69, 9.17) is 9.90 Å². The molecule has 1 unspecified atom stereocenters. The minimum absolute atomic E-state index is 0.0382. The van der Waals surface area contributed by atoms with E-state index in [0.717, 1.165) is 25.1 Å². The highest BCUT2D eigenvalue weighted by molar-refractivity contribution is 8.14. The van der Waals surface area contributed by atoms with E-state index >= 15 is 0 Å². The molecular weight excluding hydrogens is 405 g/mol. The Morgan fingerprint density at radius 1 is 1.46 bits per heavy atom. The number of hydrogen-bond donors (Lipinski definition) is 2. The lowest BCUT2D eigenvalue weighted by Gasteiger charge is -2.24. The fourth-order valence-corrected chi connectivity index (χ4v) is 3.03. The molecule has 1 fully saturated rings. The summed E-state index contributed by atoms with van der Waals surface area (Å²) in [6.07, 6.45) is -0.562. The molecule has 2 heterocycles. The number of alkyl halides is 3. The van der Waals surface area contributed by atoms with Crippen molar-refractivity contribution in [3.05, 3.63) is 17.5 Å². The van der Waals surface area contributed by atoms with E-state index in [1.165, 1.54) is 23.6 Å². The lowest BCUT2D eigenvalue weighted by molar-refractivity contribution is -0.192. The number of nitrogens with zero attached hydrogens (tertiary/aromatic N) is 3. The maximum Gasteiger partial charge on any atom is 0.490 e. The maximum atomic E-state index is 11.3. The van der Waals surface area contributed by atoms with Crippen LogP contribution in [0, 0.1) is 0 Å². The van der Waals surface area contributed by atoms with Gasteiger partial charge in [0.1, 0.15) is 12.2 Å². The fraction of sp³-hybridized carbons (Fsp3) is 0.533. The molecule has 1 saturated heterocycles. The van der Waals surface area contributed by atoms with Gasteiger partial charge in [-0.25, -0.2) is 9.48 Å². The number of methoxy groups -OCH3 is 1. The second-order valence-electron chi connectivity index (χ2n) is 5.50. The molecule has 1 aliphatic heterocycles. The number of carbonyl (C=O) groups is 3. The molecule has 1 atom stereocenters. The van der Waals surface area contributed by atoms with Crippen molar-refractivity contribution >= 4 is 34.9 Å². The molecule has 2 rings (SSSR count). The summed E-state index contributed by atoms with van der Waals surface area (Å²) in [5, 5.41) is 18.6. The Bertz CT molecular complexity index is 736. The first-order valence-corrected chi connectivity index (χ1v) is 8.76. The Kier molecular flexibility index (Phi) is 9.12. The molecule has 0 bridgehead atoms. The lowest BCUT2D eigenvalue weighted by atomic mass is 10.1. The summed E-state index contributed by atoms with van der Waals surface area (Å²) < 4.78 is 37.7. The highest BCUT2D eigenvalue weighted by Gasteiger charge is 2.38. The van der Waals surface area contributed by atoms with E-state index in [1.54, 1.807) is 13.1 Å². The molecule has 0 radical (unpaired) electrons. The average molecular weight is 424 g/mol. The number of aliphatic carboxylic acids is 1. The van der Waals surface area contributed by atoms with Gasteiger partial charge in [-0.3, -0.25) is 9.59 Å². The number of aromatic nitrogens is 3. The smallest absolute Gasteiger partial charge is 0.475 e. The van der Waals surface area contributed by atoms with Gasteiger partial charge < -0.3 is 15.2 Å². The monoisotopic (exact) mass is 424 g/mol. The summed E-state index contributed by atoms with van der Waals surface area (Å²) in [4.78, 5) is 31.4. The third-order valence-corrected chi connectivity index (χ3v) is 4.44. The molecule has 1 aromatic rings. The topological polar surface area (TPSA) is 123 Å². The predicted octanol–water partition coefficient (Wildman–Crippen LogP) is 1.11. The minimum Gasteiger partial charge on any atom is -0.475 e. The molecule has 0 aromatic carbocycles. The highest BCUT2D eigenvalue weighted by Crippen LogP contribution is 2.26. The van der Waals surface area contributed by atoms with Gasteiger partial charge in [0.05, 0.1) is 13.3 Å². The SMILES string of the molecule is COC(=O)Cn1cc(/C=C2\CNCCC2SC(C)=O)nn1.O=C(O)C(F)(F)F. The van der Waals surface area contributed by atoms with Crippen LogP contribution in [0.25, 0.3) is 6.08 Å². The number of carboxylic acids is 1. The van der Waals surface area contributed by atoms with Gasteiger partial charge in [-0.15, -0.1) is 5.10 Å². The van der Waals surface area contributed by atoms with Crippen molar-refractivity contribution in [2.75, 3.05) is 20.2 Å². The first kappa shape index (κ1) is 23.6. The largest absolute Gasteiger partial charge is 0.490 e. The van der Waals surface area contributed by atoms with Crippen LogP contribution in [0.5, 0.6) is 0 Å². The average Bonchev–Trinajstić information content (AvgIpc) is 3.02. The first-order chi connectivity index (χ1) is 13.0. The van der Waals surface area contributed by atoms with E-state index < -0.39 is 12.1 Å². The molecule has 156 valence electrons. The minimum atomic E-state index is -5.08. The van der Waals surface area contributed by atoms with Crippen LogP contribution in [0.3, 0.4) is 0 Å². The van der Waals surface area contributed by atoms with Crippen LogP contribution in [0.1, 0.15) is 19.0 Å². The number of piperidine rings is 1. The molecule has 9 nitrogen and oxygen atoms in total. The van der Waals surface area contributed by atoms with Crippen LogP contribution in [-0.4, -0.2) is 68.8 Å². The zero-order chi connectivity index (χ0) is 21.3. The fourth-order valence-electron chi connectivity index (χ4n) is 2.09. The molecule has 0 aliphatic carbocycles. The summed E-state index contributed by atoms with van der Waals surface area (Å²) in [7, 11) is 1.33. The number of halogens is 3. The molecule has 1 aliphatic rings. The Morgan fingerprint density at radius 3 is 2.64 bits per heavy atom. The maximum absolute atomic E-state index is 11.3. The molecule has 2 N–H and O–H groups in total. The predicted molar refractivity (Wildman–Crippen MR) is 93.3 cm³/mol. The Labute approximate surface area is 162 Å². The second-order valence-corrected chi connectivity index (χ2v) is 6.88. The van der Waals surface area contributed by atoms with Gasteiger partial charge in [0.2, 0.25) is 0 Å². The molecular formula is C15H19F3N4O5S. The summed E-state index contributed by atoms with van der Waals surface area (Å²) in [6, 6.07) is 0. The van der Waals surface area contributed by atoms with Crippen LogP contribution in [-0.2, 0) is 25.7 Å². The first-order valence-electron chi connectivity index (χ1n) is 7.88. The van der Waals surface area contributed by atoms with Crippen molar-refractivity contribution in [2.45, 2.75) is 31.3 Å². The number of esters is 1. The van der Waals surface area contributed by atoms with E-state index in [9.17, 15) is 22.8 Å². The number of nitrogens with one attached hydrogen (secondary N) is 1.